The Balaban J connectivity index is 1.54. The lowest BCUT2D eigenvalue weighted by molar-refractivity contribution is 0.759. The number of aromatic nitrogens is 1. The fourth-order valence-corrected chi connectivity index (χ4v) is 3.28. The molecule has 0 aliphatic rings. The molecule has 6 heteroatoms. The van der Waals surface area contributed by atoms with Crippen molar-refractivity contribution in [3.05, 3.63) is 105 Å². The zero-order chi connectivity index (χ0) is 21.2. The lowest BCUT2D eigenvalue weighted by Gasteiger charge is -2.12. The molecule has 3 aromatic rings. The molecule has 0 saturated carbocycles. The number of hydrogen-bond donors (Lipinski definition) is 2. The molecule has 0 amide bonds. The molecule has 0 bridgehead atoms. The molecule has 0 atom stereocenters. The van der Waals surface area contributed by atoms with Crippen LogP contribution in [0.25, 0.3) is 0 Å². The van der Waals surface area contributed by atoms with Crippen LogP contribution in [0.1, 0.15) is 23.6 Å². The van der Waals surface area contributed by atoms with Crippen molar-refractivity contribution in [3.8, 4) is 0 Å². The third-order valence-corrected chi connectivity index (χ3v) is 4.87. The SMILES string of the molecule is CCNC(=NCc1ccc(Cn2ccccc2=O)cc1)NCCc1cccc(Cl)c1. The summed E-state index contributed by atoms with van der Waals surface area (Å²) in [5.74, 6) is 0.791. The van der Waals surface area contributed by atoms with Crippen LogP contribution in [-0.4, -0.2) is 23.6 Å². The number of rotatable bonds is 8. The van der Waals surface area contributed by atoms with Crippen molar-refractivity contribution in [2.24, 2.45) is 4.99 Å². The van der Waals surface area contributed by atoms with Gasteiger partial charge in [0, 0.05) is 30.4 Å². The Kier molecular flexibility index (Phi) is 8.10. The molecule has 30 heavy (non-hydrogen) atoms. The van der Waals surface area contributed by atoms with Gasteiger partial charge in [-0.2, -0.15) is 0 Å². The molecule has 156 valence electrons. The third-order valence-electron chi connectivity index (χ3n) is 4.63. The summed E-state index contributed by atoms with van der Waals surface area (Å²) in [5.41, 5.74) is 3.40. The summed E-state index contributed by atoms with van der Waals surface area (Å²) in [5, 5.41) is 7.40. The molecule has 0 saturated heterocycles. The van der Waals surface area contributed by atoms with E-state index in [1.807, 2.05) is 36.4 Å². The highest BCUT2D eigenvalue weighted by molar-refractivity contribution is 6.30. The minimum absolute atomic E-state index is 0.00491. The van der Waals surface area contributed by atoms with Gasteiger partial charge in [0.15, 0.2) is 5.96 Å². The van der Waals surface area contributed by atoms with Crippen LogP contribution in [0.3, 0.4) is 0 Å². The fourth-order valence-electron chi connectivity index (χ4n) is 3.07. The number of benzene rings is 2. The van der Waals surface area contributed by atoms with Gasteiger partial charge >= 0.3 is 0 Å². The summed E-state index contributed by atoms with van der Waals surface area (Å²) in [6, 6.07) is 21.3. The Morgan fingerprint density at radius 1 is 0.967 bits per heavy atom. The van der Waals surface area contributed by atoms with E-state index in [4.69, 9.17) is 11.6 Å². The monoisotopic (exact) mass is 422 g/mol. The van der Waals surface area contributed by atoms with Gasteiger partial charge in [-0.3, -0.25) is 4.79 Å². The summed E-state index contributed by atoms with van der Waals surface area (Å²) in [7, 11) is 0. The van der Waals surface area contributed by atoms with Crippen LogP contribution in [0.5, 0.6) is 0 Å². The highest BCUT2D eigenvalue weighted by Gasteiger charge is 2.01. The molecule has 0 unspecified atom stereocenters. The molecule has 0 aliphatic heterocycles. The number of pyridine rings is 1. The first kappa shape index (κ1) is 21.7. The maximum Gasteiger partial charge on any atom is 0.250 e. The van der Waals surface area contributed by atoms with Gasteiger partial charge in [0.1, 0.15) is 0 Å². The van der Waals surface area contributed by atoms with E-state index < -0.39 is 0 Å². The first-order valence-electron chi connectivity index (χ1n) is 10.1. The van der Waals surface area contributed by atoms with Gasteiger partial charge in [-0.05, 0) is 48.2 Å². The van der Waals surface area contributed by atoms with Crippen LogP contribution >= 0.6 is 11.6 Å². The van der Waals surface area contributed by atoms with E-state index in [9.17, 15) is 4.79 Å². The van der Waals surface area contributed by atoms with Crippen molar-refractivity contribution in [2.75, 3.05) is 13.1 Å². The van der Waals surface area contributed by atoms with Crippen molar-refractivity contribution in [1.82, 2.24) is 15.2 Å². The molecule has 1 aromatic heterocycles. The molecule has 0 radical (unpaired) electrons. The maximum atomic E-state index is 11.8. The Morgan fingerprint density at radius 2 is 1.77 bits per heavy atom. The van der Waals surface area contributed by atoms with Gasteiger partial charge in [-0.15, -0.1) is 0 Å². The number of hydrogen-bond acceptors (Lipinski definition) is 2. The maximum absolute atomic E-state index is 11.8. The molecular formula is C24H27ClN4O. The summed E-state index contributed by atoms with van der Waals surface area (Å²) < 4.78 is 1.69. The van der Waals surface area contributed by atoms with E-state index in [-0.39, 0.29) is 5.56 Å². The van der Waals surface area contributed by atoms with E-state index in [0.717, 1.165) is 41.6 Å². The highest BCUT2D eigenvalue weighted by atomic mass is 35.5. The quantitative estimate of drug-likeness (QED) is 0.428. The van der Waals surface area contributed by atoms with Crippen LogP contribution < -0.4 is 16.2 Å². The van der Waals surface area contributed by atoms with Crippen molar-refractivity contribution < 1.29 is 0 Å². The third kappa shape index (κ3) is 6.78. The Bertz CT molecular complexity index is 1030. The van der Waals surface area contributed by atoms with Crippen LogP contribution in [-0.2, 0) is 19.5 Å². The second-order valence-electron chi connectivity index (χ2n) is 6.99. The van der Waals surface area contributed by atoms with Crippen LogP contribution in [0.4, 0.5) is 0 Å². The fraction of sp³-hybridized carbons (Fsp3) is 0.250. The van der Waals surface area contributed by atoms with Gasteiger partial charge < -0.3 is 15.2 Å². The Hall–Kier alpha value is -3.05. The minimum atomic E-state index is 0.00491. The molecule has 3 rings (SSSR count). The number of guanidine groups is 1. The van der Waals surface area contributed by atoms with E-state index in [1.165, 1.54) is 5.56 Å². The van der Waals surface area contributed by atoms with Crippen molar-refractivity contribution in [1.29, 1.82) is 0 Å². The van der Waals surface area contributed by atoms with Gasteiger partial charge in [0.05, 0.1) is 13.1 Å². The van der Waals surface area contributed by atoms with Crippen LogP contribution in [0.2, 0.25) is 5.02 Å². The second kappa shape index (κ2) is 11.2. The lowest BCUT2D eigenvalue weighted by atomic mass is 10.1. The smallest absolute Gasteiger partial charge is 0.250 e. The summed E-state index contributed by atoms with van der Waals surface area (Å²) >= 11 is 6.04. The van der Waals surface area contributed by atoms with Crippen LogP contribution in [0.15, 0.2) is 82.7 Å². The summed E-state index contributed by atoms with van der Waals surface area (Å²) in [6.45, 7) is 4.77. The highest BCUT2D eigenvalue weighted by Crippen LogP contribution is 2.11. The average Bonchev–Trinajstić information content (AvgIpc) is 2.75. The van der Waals surface area contributed by atoms with Gasteiger partial charge in [-0.1, -0.05) is 54.1 Å². The zero-order valence-corrected chi connectivity index (χ0v) is 17.9. The van der Waals surface area contributed by atoms with Crippen molar-refractivity contribution in [3.63, 3.8) is 0 Å². The molecule has 0 spiro atoms. The van der Waals surface area contributed by atoms with Crippen LogP contribution in [0, 0.1) is 0 Å². The first-order chi connectivity index (χ1) is 14.6. The first-order valence-corrected chi connectivity index (χ1v) is 10.5. The van der Waals surface area contributed by atoms with E-state index in [1.54, 1.807) is 22.9 Å². The minimum Gasteiger partial charge on any atom is -0.357 e. The summed E-state index contributed by atoms with van der Waals surface area (Å²) in [6.07, 6.45) is 2.68. The molecular weight excluding hydrogens is 396 g/mol. The normalized spacial score (nSPS) is 11.3. The lowest BCUT2D eigenvalue weighted by Crippen LogP contribution is -2.38. The number of nitrogens with zero attached hydrogens (tertiary/aromatic N) is 2. The molecule has 1 heterocycles. The predicted octanol–water partition coefficient (Wildman–Crippen LogP) is 3.85. The summed E-state index contributed by atoms with van der Waals surface area (Å²) in [4.78, 5) is 16.5. The largest absolute Gasteiger partial charge is 0.357 e. The molecule has 0 aliphatic carbocycles. The molecule has 2 aromatic carbocycles. The van der Waals surface area contributed by atoms with E-state index in [2.05, 4.69) is 40.7 Å². The Morgan fingerprint density at radius 3 is 2.50 bits per heavy atom. The second-order valence-corrected chi connectivity index (χ2v) is 7.42. The van der Waals surface area contributed by atoms with Gasteiger partial charge in [0.2, 0.25) is 0 Å². The molecule has 0 fully saturated rings. The number of aliphatic imine (C=N–C) groups is 1. The topological polar surface area (TPSA) is 58.4 Å². The van der Waals surface area contributed by atoms with Gasteiger partial charge in [-0.25, -0.2) is 4.99 Å². The van der Waals surface area contributed by atoms with E-state index >= 15 is 0 Å². The standard InChI is InChI=1S/C24H27ClN4O/c1-2-26-24(27-14-13-19-6-5-7-22(25)16-19)28-17-20-9-11-21(12-10-20)18-29-15-4-3-8-23(29)30/h3-12,15-16H,2,13-14,17-18H2,1H3,(H2,26,27,28). The van der Waals surface area contributed by atoms with Crippen molar-refractivity contribution >= 4 is 17.6 Å². The molecule has 2 N–H and O–H groups in total. The Labute approximate surface area is 182 Å². The molecule has 5 nitrogen and oxygen atoms in total. The average molecular weight is 423 g/mol. The predicted molar refractivity (Wildman–Crippen MR) is 124 cm³/mol. The van der Waals surface area contributed by atoms with Gasteiger partial charge in [0.25, 0.3) is 5.56 Å². The number of halogens is 1. The van der Waals surface area contributed by atoms with E-state index in [0.29, 0.717) is 13.1 Å². The van der Waals surface area contributed by atoms with Crippen molar-refractivity contribution in [2.45, 2.75) is 26.4 Å². The number of nitrogens with one attached hydrogen (secondary N) is 2. The zero-order valence-electron chi connectivity index (χ0n) is 17.1.